The summed E-state index contributed by atoms with van der Waals surface area (Å²) in [7, 11) is -3.27. The topological polar surface area (TPSA) is 66.4 Å². The summed E-state index contributed by atoms with van der Waals surface area (Å²) in [5.41, 5.74) is 1.43. The lowest BCUT2D eigenvalue weighted by Crippen LogP contribution is -2.26. The number of aliphatic hydroxyl groups is 1. The van der Waals surface area contributed by atoms with Crippen molar-refractivity contribution in [2.45, 2.75) is 38.5 Å². The predicted octanol–water partition coefficient (Wildman–Crippen LogP) is 1.79. The van der Waals surface area contributed by atoms with E-state index in [2.05, 4.69) is 11.6 Å². The summed E-state index contributed by atoms with van der Waals surface area (Å²) < 4.78 is 26.2. The van der Waals surface area contributed by atoms with Crippen LogP contribution >= 0.6 is 0 Å². The van der Waals surface area contributed by atoms with E-state index >= 15 is 0 Å². The molecular formula is C13H21NO3S. The first kappa shape index (κ1) is 15.1. The van der Waals surface area contributed by atoms with E-state index in [0.29, 0.717) is 12.1 Å². The van der Waals surface area contributed by atoms with Crippen LogP contribution < -0.4 is 4.72 Å². The quantitative estimate of drug-likeness (QED) is 0.708. The molecule has 0 amide bonds. The summed E-state index contributed by atoms with van der Waals surface area (Å²) in [6.07, 6.45) is 2.97. The van der Waals surface area contributed by atoms with Gasteiger partial charge in [0, 0.05) is 6.54 Å². The summed E-state index contributed by atoms with van der Waals surface area (Å²) in [5, 5.41) is 9.00. The van der Waals surface area contributed by atoms with Crippen LogP contribution in [0.1, 0.15) is 37.3 Å². The van der Waals surface area contributed by atoms with E-state index in [1.807, 2.05) is 0 Å². The number of sulfonamides is 1. The molecule has 0 aliphatic carbocycles. The monoisotopic (exact) mass is 271 g/mol. The molecular weight excluding hydrogens is 250 g/mol. The number of hydrogen-bond donors (Lipinski definition) is 2. The Bertz CT molecular complexity index is 457. The standard InChI is InChI=1S/C13H21NO3S/c1-2-3-4-8-14-18(16,17)11-13-7-5-6-12(9-13)10-15/h5-7,9,14-15H,2-4,8,10-11H2,1H3. The van der Waals surface area contributed by atoms with Crippen LogP contribution in [0.5, 0.6) is 0 Å². The third-order valence-corrected chi connectivity index (χ3v) is 3.99. The SMILES string of the molecule is CCCCCNS(=O)(=O)Cc1cccc(CO)c1. The zero-order valence-corrected chi connectivity index (χ0v) is 11.5. The fourth-order valence-electron chi connectivity index (χ4n) is 1.69. The zero-order valence-electron chi connectivity index (χ0n) is 10.7. The van der Waals surface area contributed by atoms with Crippen molar-refractivity contribution in [3.63, 3.8) is 0 Å². The summed E-state index contributed by atoms with van der Waals surface area (Å²) >= 11 is 0. The van der Waals surface area contributed by atoms with E-state index in [1.54, 1.807) is 24.3 Å². The van der Waals surface area contributed by atoms with Crippen molar-refractivity contribution in [1.29, 1.82) is 0 Å². The average molecular weight is 271 g/mol. The highest BCUT2D eigenvalue weighted by Gasteiger charge is 2.10. The maximum Gasteiger partial charge on any atom is 0.215 e. The molecule has 0 saturated carbocycles. The van der Waals surface area contributed by atoms with E-state index < -0.39 is 10.0 Å². The van der Waals surface area contributed by atoms with Crippen LogP contribution in [-0.2, 0) is 22.4 Å². The van der Waals surface area contributed by atoms with E-state index in [1.165, 1.54) is 0 Å². The molecule has 2 N–H and O–H groups in total. The van der Waals surface area contributed by atoms with E-state index in [-0.39, 0.29) is 12.4 Å². The molecule has 0 aliphatic rings. The molecule has 0 fully saturated rings. The lowest BCUT2D eigenvalue weighted by Gasteiger charge is -2.07. The smallest absolute Gasteiger partial charge is 0.215 e. The first-order chi connectivity index (χ1) is 8.57. The number of aliphatic hydroxyl groups excluding tert-OH is 1. The largest absolute Gasteiger partial charge is 0.392 e. The van der Waals surface area contributed by atoms with E-state index in [9.17, 15) is 8.42 Å². The highest BCUT2D eigenvalue weighted by Crippen LogP contribution is 2.08. The highest BCUT2D eigenvalue weighted by atomic mass is 32.2. The molecule has 0 aromatic heterocycles. The molecule has 5 heteroatoms. The summed E-state index contributed by atoms with van der Waals surface area (Å²) in [5.74, 6) is -0.0348. The maximum atomic E-state index is 11.8. The normalized spacial score (nSPS) is 11.7. The third-order valence-electron chi connectivity index (χ3n) is 2.63. The third kappa shape index (κ3) is 5.62. The molecule has 4 nitrogen and oxygen atoms in total. The Morgan fingerprint density at radius 3 is 2.61 bits per heavy atom. The Labute approximate surface area is 109 Å². The van der Waals surface area contributed by atoms with Gasteiger partial charge in [0.25, 0.3) is 0 Å². The van der Waals surface area contributed by atoms with Gasteiger partial charge in [-0.15, -0.1) is 0 Å². The van der Waals surface area contributed by atoms with Gasteiger partial charge in [0.05, 0.1) is 12.4 Å². The first-order valence-electron chi connectivity index (χ1n) is 6.23. The minimum Gasteiger partial charge on any atom is -0.392 e. The van der Waals surface area contributed by atoms with Crippen LogP contribution in [0, 0.1) is 0 Å². The number of rotatable bonds is 8. The Kier molecular flexibility index (Phi) is 6.32. The van der Waals surface area contributed by atoms with Gasteiger partial charge < -0.3 is 5.11 Å². The van der Waals surface area contributed by atoms with Gasteiger partial charge in [-0.1, -0.05) is 44.0 Å². The van der Waals surface area contributed by atoms with Crippen LogP contribution in [0.3, 0.4) is 0 Å². The maximum absolute atomic E-state index is 11.8. The van der Waals surface area contributed by atoms with Crippen LogP contribution in [0.25, 0.3) is 0 Å². The van der Waals surface area contributed by atoms with Crippen LogP contribution in [0.2, 0.25) is 0 Å². The lowest BCUT2D eigenvalue weighted by molar-refractivity contribution is 0.282. The Hall–Kier alpha value is -0.910. The molecule has 1 rings (SSSR count). The summed E-state index contributed by atoms with van der Waals surface area (Å²) in [6, 6.07) is 6.99. The number of benzene rings is 1. The molecule has 0 unspecified atom stereocenters. The summed E-state index contributed by atoms with van der Waals surface area (Å²) in [6.45, 7) is 2.50. The minimum absolute atomic E-state index is 0.0348. The molecule has 1 aromatic carbocycles. The lowest BCUT2D eigenvalue weighted by atomic mass is 10.1. The van der Waals surface area contributed by atoms with Gasteiger partial charge in [-0.25, -0.2) is 13.1 Å². The molecule has 0 saturated heterocycles. The van der Waals surface area contributed by atoms with Crippen molar-refractivity contribution < 1.29 is 13.5 Å². The highest BCUT2D eigenvalue weighted by molar-refractivity contribution is 7.88. The molecule has 1 aromatic rings. The summed E-state index contributed by atoms with van der Waals surface area (Å²) in [4.78, 5) is 0. The Morgan fingerprint density at radius 1 is 1.22 bits per heavy atom. The van der Waals surface area contributed by atoms with Crippen molar-refractivity contribution in [1.82, 2.24) is 4.72 Å². The van der Waals surface area contributed by atoms with Crippen molar-refractivity contribution in [3.05, 3.63) is 35.4 Å². The minimum atomic E-state index is -3.27. The number of unbranched alkanes of at least 4 members (excludes halogenated alkanes) is 2. The number of hydrogen-bond acceptors (Lipinski definition) is 3. The molecule has 0 aliphatic heterocycles. The molecule has 0 atom stereocenters. The molecule has 0 bridgehead atoms. The Morgan fingerprint density at radius 2 is 1.94 bits per heavy atom. The second kappa shape index (κ2) is 7.51. The fraction of sp³-hybridized carbons (Fsp3) is 0.538. The molecule has 0 radical (unpaired) electrons. The van der Waals surface area contributed by atoms with E-state index in [0.717, 1.165) is 24.8 Å². The van der Waals surface area contributed by atoms with E-state index in [4.69, 9.17) is 5.11 Å². The van der Waals surface area contributed by atoms with Crippen molar-refractivity contribution in [3.8, 4) is 0 Å². The number of nitrogens with one attached hydrogen (secondary N) is 1. The van der Waals surface area contributed by atoms with Gasteiger partial charge in [-0.05, 0) is 17.5 Å². The van der Waals surface area contributed by atoms with Crippen molar-refractivity contribution in [2.24, 2.45) is 0 Å². The van der Waals surface area contributed by atoms with Crippen LogP contribution in [0.15, 0.2) is 24.3 Å². The van der Waals surface area contributed by atoms with Gasteiger partial charge >= 0.3 is 0 Å². The molecule has 0 spiro atoms. The predicted molar refractivity (Wildman–Crippen MR) is 72.5 cm³/mol. The molecule has 0 heterocycles. The zero-order chi connectivity index (χ0) is 13.4. The molecule has 18 heavy (non-hydrogen) atoms. The Balaban J connectivity index is 2.53. The van der Waals surface area contributed by atoms with Crippen LogP contribution in [0.4, 0.5) is 0 Å². The average Bonchev–Trinajstić information content (AvgIpc) is 2.34. The fourth-order valence-corrected chi connectivity index (χ4v) is 2.87. The van der Waals surface area contributed by atoms with Gasteiger partial charge in [0.1, 0.15) is 0 Å². The van der Waals surface area contributed by atoms with Gasteiger partial charge in [-0.3, -0.25) is 0 Å². The van der Waals surface area contributed by atoms with Crippen LogP contribution in [-0.4, -0.2) is 20.1 Å². The van der Waals surface area contributed by atoms with Crippen molar-refractivity contribution in [2.75, 3.05) is 6.54 Å². The van der Waals surface area contributed by atoms with Gasteiger partial charge in [0.15, 0.2) is 0 Å². The molecule has 102 valence electrons. The second-order valence-corrected chi connectivity index (χ2v) is 6.15. The van der Waals surface area contributed by atoms with Gasteiger partial charge in [0.2, 0.25) is 10.0 Å². The first-order valence-corrected chi connectivity index (χ1v) is 7.88. The second-order valence-electron chi connectivity index (χ2n) is 4.34. The van der Waals surface area contributed by atoms with Crippen molar-refractivity contribution >= 4 is 10.0 Å². The van der Waals surface area contributed by atoms with Gasteiger partial charge in [-0.2, -0.15) is 0 Å².